The SMILES string of the molecule is OC1CCCCC1c1nc(C2CN3CCCC3CO2)no1. The second-order valence-electron chi connectivity index (χ2n) is 6.56. The lowest BCUT2D eigenvalue weighted by Crippen LogP contribution is -2.42. The minimum absolute atomic E-state index is 0.00289. The van der Waals surface area contributed by atoms with E-state index >= 15 is 0 Å². The monoisotopic (exact) mass is 293 g/mol. The van der Waals surface area contributed by atoms with Crippen LogP contribution in [-0.4, -0.2) is 52.0 Å². The Balaban J connectivity index is 1.46. The average Bonchev–Trinajstić information content (AvgIpc) is 3.16. The first-order valence-corrected chi connectivity index (χ1v) is 8.18. The Labute approximate surface area is 124 Å². The van der Waals surface area contributed by atoms with Gasteiger partial charge < -0.3 is 14.4 Å². The fraction of sp³-hybridized carbons (Fsp3) is 0.867. The number of hydrogen-bond donors (Lipinski definition) is 1. The Kier molecular flexibility index (Phi) is 3.69. The minimum Gasteiger partial charge on any atom is -0.392 e. The van der Waals surface area contributed by atoms with E-state index in [1.165, 1.54) is 12.8 Å². The summed E-state index contributed by atoms with van der Waals surface area (Å²) in [5.74, 6) is 1.24. The van der Waals surface area contributed by atoms with Gasteiger partial charge >= 0.3 is 0 Å². The third kappa shape index (κ3) is 2.60. The molecule has 0 bridgehead atoms. The van der Waals surface area contributed by atoms with Gasteiger partial charge in [0.2, 0.25) is 11.7 Å². The molecular weight excluding hydrogens is 270 g/mol. The van der Waals surface area contributed by atoms with Crippen molar-refractivity contribution in [2.24, 2.45) is 0 Å². The molecule has 21 heavy (non-hydrogen) atoms. The van der Waals surface area contributed by atoms with E-state index in [-0.39, 0.29) is 18.1 Å². The minimum atomic E-state index is -0.345. The fourth-order valence-electron chi connectivity index (χ4n) is 3.90. The van der Waals surface area contributed by atoms with E-state index in [4.69, 9.17) is 9.26 Å². The normalized spacial score (nSPS) is 37.6. The highest BCUT2D eigenvalue weighted by atomic mass is 16.5. The quantitative estimate of drug-likeness (QED) is 0.893. The van der Waals surface area contributed by atoms with Crippen LogP contribution in [0.2, 0.25) is 0 Å². The second kappa shape index (κ2) is 5.66. The molecular formula is C15H23N3O3. The molecule has 4 rings (SSSR count). The van der Waals surface area contributed by atoms with Gasteiger partial charge in [0.15, 0.2) is 0 Å². The summed E-state index contributed by atoms with van der Waals surface area (Å²) in [4.78, 5) is 7.00. The number of aliphatic hydroxyl groups is 1. The van der Waals surface area contributed by atoms with Gasteiger partial charge in [-0.1, -0.05) is 18.0 Å². The fourth-order valence-corrected chi connectivity index (χ4v) is 3.90. The van der Waals surface area contributed by atoms with E-state index in [1.807, 2.05) is 0 Å². The molecule has 0 spiro atoms. The number of aromatic nitrogens is 2. The summed E-state index contributed by atoms with van der Waals surface area (Å²) in [6, 6.07) is 0.577. The molecule has 1 aliphatic carbocycles. The number of ether oxygens (including phenoxy) is 1. The summed E-state index contributed by atoms with van der Waals surface area (Å²) in [6.07, 6.45) is 6.03. The zero-order chi connectivity index (χ0) is 14.2. The number of hydrogen-bond acceptors (Lipinski definition) is 6. The average molecular weight is 293 g/mol. The van der Waals surface area contributed by atoms with E-state index in [0.717, 1.165) is 45.4 Å². The van der Waals surface area contributed by atoms with Gasteiger partial charge in [0, 0.05) is 12.6 Å². The molecule has 4 atom stereocenters. The van der Waals surface area contributed by atoms with Gasteiger partial charge in [0.05, 0.1) is 18.6 Å². The highest BCUT2D eigenvalue weighted by molar-refractivity contribution is 5.02. The maximum atomic E-state index is 10.1. The van der Waals surface area contributed by atoms with Gasteiger partial charge in [0.25, 0.3) is 0 Å². The van der Waals surface area contributed by atoms with E-state index in [1.54, 1.807) is 0 Å². The van der Waals surface area contributed by atoms with Gasteiger partial charge in [-0.05, 0) is 32.2 Å². The largest absolute Gasteiger partial charge is 0.392 e. The summed E-state index contributed by atoms with van der Waals surface area (Å²) in [6.45, 7) is 2.77. The molecule has 0 aromatic carbocycles. The van der Waals surface area contributed by atoms with Gasteiger partial charge in [0.1, 0.15) is 6.10 Å². The van der Waals surface area contributed by atoms with Crippen LogP contribution in [0.1, 0.15) is 62.3 Å². The number of rotatable bonds is 2. The van der Waals surface area contributed by atoms with Crippen molar-refractivity contribution >= 4 is 0 Å². The number of morpholine rings is 1. The Morgan fingerprint density at radius 2 is 2.05 bits per heavy atom. The maximum Gasteiger partial charge on any atom is 0.232 e. The zero-order valence-corrected chi connectivity index (χ0v) is 12.3. The molecule has 0 amide bonds. The number of aliphatic hydroxyl groups excluding tert-OH is 1. The van der Waals surface area contributed by atoms with Crippen LogP contribution in [0.5, 0.6) is 0 Å². The Morgan fingerprint density at radius 1 is 1.14 bits per heavy atom. The zero-order valence-electron chi connectivity index (χ0n) is 12.3. The van der Waals surface area contributed by atoms with Gasteiger partial charge in [-0.25, -0.2) is 0 Å². The first-order chi connectivity index (χ1) is 10.3. The molecule has 6 heteroatoms. The lowest BCUT2D eigenvalue weighted by molar-refractivity contribution is -0.0548. The van der Waals surface area contributed by atoms with Crippen LogP contribution in [0.15, 0.2) is 4.52 Å². The first-order valence-electron chi connectivity index (χ1n) is 8.18. The van der Waals surface area contributed by atoms with Crippen molar-refractivity contribution in [3.63, 3.8) is 0 Å². The molecule has 1 aromatic rings. The van der Waals surface area contributed by atoms with Crippen molar-refractivity contribution in [3.05, 3.63) is 11.7 Å². The molecule has 3 heterocycles. The molecule has 2 saturated heterocycles. The molecule has 2 aliphatic heterocycles. The maximum absolute atomic E-state index is 10.1. The summed E-state index contributed by atoms with van der Waals surface area (Å²) in [7, 11) is 0. The Hall–Kier alpha value is -0.980. The molecule has 1 N–H and O–H groups in total. The summed E-state index contributed by atoms with van der Waals surface area (Å²) in [5, 5.41) is 14.2. The molecule has 1 aromatic heterocycles. The topological polar surface area (TPSA) is 71.6 Å². The van der Waals surface area contributed by atoms with Crippen molar-refractivity contribution in [1.29, 1.82) is 0 Å². The molecule has 116 valence electrons. The third-order valence-electron chi connectivity index (χ3n) is 5.18. The molecule has 1 saturated carbocycles. The van der Waals surface area contributed by atoms with E-state index in [0.29, 0.717) is 17.8 Å². The Morgan fingerprint density at radius 3 is 2.95 bits per heavy atom. The standard InChI is InChI=1S/C15H23N3O3/c19-12-6-2-1-5-11(12)15-16-14(17-21-15)13-8-18-7-3-4-10(18)9-20-13/h10-13,19H,1-9H2. The summed E-state index contributed by atoms with van der Waals surface area (Å²) < 4.78 is 11.3. The van der Waals surface area contributed by atoms with E-state index in [9.17, 15) is 5.11 Å². The van der Waals surface area contributed by atoms with E-state index < -0.39 is 0 Å². The van der Waals surface area contributed by atoms with Crippen LogP contribution in [0.4, 0.5) is 0 Å². The lowest BCUT2D eigenvalue weighted by atomic mass is 9.86. The molecule has 3 aliphatic rings. The smallest absolute Gasteiger partial charge is 0.232 e. The molecule has 0 radical (unpaired) electrons. The van der Waals surface area contributed by atoms with Crippen molar-refractivity contribution in [3.8, 4) is 0 Å². The predicted octanol–water partition coefficient (Wildman–Crippen LogP) is 1.62. The van der Waals surface area contributed by atoms with E-state index in [2.05, 4.69) is 15.0 Å². The van der Waals surface area contributed by atoms with Crippen molar-refractivity contribution < 1.29 is 14.4 Å². The van der Waals surface area contributed by atoms with Crippen LogP contribution in [0.25, 0.3) is 0 Å². The summed E-state index contributed by atoms with van der Waals surface area (Å²) >= 11 is 0. The highest BCUT2D eigenvalue weighted by Crippen LogP contribution is 2.34. The third-order valence-corrected chi connectivity index (χ3v) is 5.18. The first kappa shape index (κ1) is 13.7. The lowest BCUT2D eigenvalue weighted by Gasteiger charge is -2.33. The highest BCUT2D eigenvalue weighted by Gasteiger charge is 2.36. The van der Waals surface area contributed by atoms with Gasteiger partial charge in [-0.15, -0.1) is 0 Å². The van der Waals surface area contributed by atoms with Crippen LogP contribution in [0, 0.1) is 0 Å². The van der Waals surface area contributed by atoms with Crippen LogP contribution < -0.4 is 0 Å². The predicted molar refractivity (Wildman–Crippen MR) is 74.8 cm³/mol. The Bertz CT molecular complexity index is 492. The molecule has 3 fully saturated rings. The van der Waals surface area contributed by atoms with Crippen molar-refractivity contribution in [2.75, 3.05) is 19.7 Å². The van der Waals surface area contributed by atoms with Gasteiger partial charge in [-0.3, -0.25) is 4.90 Å². The van der Waals surface area contributed by atoms with Crippen molar-refractivity contribution in [1.82, 2.24) is 15.0 Å². The van der Waals surface area contributed by atoms with Crippen LogP contribution >= 0.6 is 0 Å². The van der Waals surface area contributed by atoms with Gasteiger partial charge in [-0.2, -0.15) is 4.98 Å². The van der Waals surface area contributed by atoms with Crippen LogP contribution in [-0.2, 0) is 4.74 Å². The number of fused-ring (bicyclic) bond motifs is 1. The molecule has 6 nitrogen and oxygen atoms in total. The van der Waals surface area contributed by atoms with Crippen LogP contribution in [0.3, 0.4) is 0 Å². The second-order valence-corrected chi connectivity index (χ2v) is 6.56. The number of nitrogens with zero attached hydrogens (tertiary/aromatic N) is 3. The summed E-state index contributed by atoms with van der Waals surface area (Å²) in [5.41, 5.74) is 0. The molecule has 4 unspecified atom stereocenters. The van der Waals surface area contributed by atoms with Crippen molar-refractivity contribution in [2.45, 2.75) is 62.7 Å².